The number of nitrogens with zero attached hydrogens (tertiary/aromatic N) is 3. The molecular weight excluding hydrogens is 402 g/mol. The van der Waals surface area contributed by atoms with Crippen LogP contribution in [-0.2, 0) is 4.79 Å². The highest BCUT2D eigenvalue weighted by Crippen LogP contribution is 2.29. The number of hydrogen-bond donors (Lipinski definition) is 0. The SMILES string of the molecule is N#CC(C(=O)COc1ccc(Cl)cc1)c1nc(-c2cccc([N+](=O)[O-])c2)cs1. The zero-order chi connectivity index (χ0) is 20.1. The molecule has 0 radical (unpaired) electrons. The summed E-state index contributed by atoms with van der Waals surface area (Å²) >= 11 is 6.94. The monoisotopic (exact) mass is 413 g/mol. The van der Waals surface area contributed by atoms with Crippen molar-refractivity contribution in [1.82, 2.24) is 4.98 Å². The summed E-state index contributed by atoms with van der Waals surface area (Å²) in [6, 6.07) is 14.5. The Balaban J connectivity index is 1.73. The van der Waals surface area contributed by atoms with Gasteiger partial charge in [-0.25, -0.2) is 4.98 Å². The van der Waals surface area contributed by atoms with Crippen molar-refractivity contribution >= 4 is 34.4 Å². The first kappa shape index (κ1) is 19.5. The molecule has 0 saturated heterocycles. The molecule has 0 aliphatic carbocycles. The van der Waals surface area contributed by atoms with Gasteiger partial charge in [0.15, 0.2) is 11.7 Å². The van der Waals surface area contributed by atoms with E-state index in [0.29, 0.717) is 27.0 Å². The number of hydrogen-bond acceptors (Lipinski definition) is 7. The van der Waals surface area contributed by atoms with Gasteiger partial charge in [-0.1, -0.05) is 23.7 Å². The van der Waals surface area contributed by atoms with Crippen LogP contribution in [0.3, 0.4) is 0 Å². The summed E-state index contributed by atoms with van der Waals surface area (Å²) in [6.45, 7) is -0.286. The molecule has 1 aromatic heterocycles. The van der Waals surface area contributed by atoms with Crippen LogP contribution < -0.4 is 4.74 Å². The van der Waals surface area contributed by atoms with Gasteiger partial charge in [0.05, 0.1) is 16.7 Å². The second-order valence-corrected chi connectivity index (χ2v) is 6.98. The predicted octanol–water partition coefficient (Wildman–Crippen LogP) is 4.63. The first-order valence-corrected chi connectivity index (χ1v) is 9.24. The highest BCUT2D eigenvalue weighted by atomic mass is 35.5. The largest absolute Gasteiger partial charge is 0.486 e. The highest BCUT2D eigenvalue weighted by Gasteiger charge is 2.24. The average Bonchev–Trinajstić information content (AvgIpc) is 3.18. The van der Waals surface area contributed by atoms with Crippen LogP contribution in [0.5, 0.6) is 5.75 Å². The van der Waals surface area contributed by atoms with Crippen LogP contribution in [0.2, 0.25) is 5.02 Å². The molecule has 0 spiro atoms. The number of Topliss-reactive ketones (excluding diaryl/α,β-unsaturated/α-hetero) is 1. The van der Waals surface area contributed by atoms with Gasteiger partial charge < -0.3 is 4.74 Å². The minimum Gasteiger partial charge on any atom is -0.486 e. The third kappa shape index (κ3) is 4.52. The number of ketones is 1. The maximum atomic E-state index is 12.4. The van der Waals surface area contributed by atoms with E-state index in [9.17, 15) is 20.2 Å². The summed E-state index contributed by atoms with van der Waals surface area (Å²) in [5.74, 6) is -1.05. The van der Waals surface area contributed by atoms with Crippen molar-refractivity contribution in [3.63, 3.8) is 0 Å². The molecule has 0 bridgehead atoms. The highest BCUT2D eigenvalue weighted by molar-refractivity contribution is 7.10. The number of halogens is 1. The van der Waals surface area contributed by atoms with Gasteiger partial charge in [0.2, 0.25) is 0 Å². The lowest BCUT2D eigenvalue weighted by Gasteiger charge is -2.08. The van der Waals surface area contributed by atoms with Crippen LogP contribution in [0.4, 0.5) is 5.69 Å². The minimum atomic E-state index is -1.08. The number of carbonyl (C=O) groups is 1. The Morgan fingerprint density at radius 2 is 2.07 bits per heavy atom. The second kappa shape index (κ2) is 8.61. The van der Waals surface area contributed by atoms with E-state index >= 15 is 0 Å². The van der Waals surface area contributed by atoms with E-state index in [2.05, 4.69) is 4.98 Å². The van der Waals surface area contributed by atoms with Gasteiger partial charge in [0.1, 0.15) is 17.4 Å². The van der Waals surface area contributed by atoms with E-state index < -0.39 is 16.6 Å². The van der Waals surface area contributed by atoms with Crippen LogP contribution in [0, 0.1) is 21.4 Å². The summed E-state index contributed by atoms with van der Waals surface area (Å²) in [5.41, 5.74) is 0.949. The zero-order valence-electron chi connectivity index (χ0n) is 14.2. The number of carbonyl (C=O) groups excluding carboxylic acids is 1. The lowest BCUT2D eigenvalue weighted by molar-refractivity contribution is -0.384. The number of benzene rings is 2. The number of thiazole rings is 1. The third-order valence-electron chi connectivity index (χ3n) is 3.77. The van der Waals surface area contributed by atoms with Crippen molar-refractivity contribution < 1.29 is 14.5 Å². The van der Waals surface area contributed by atoms with Crippen LogP contribution in [-0.4, -0.2) is 22.3 Å². The van der Waals surface area contributed by atoms with E-state index in [1.165, 1.54) is 12.1 Å². The van der Waals surface area contributed by atoms with Crippen LogP contribution in [0.25, 0.3) is 11.3 Å². The summed E-state index contributed by atoms with van der Waals surface area (Å²) in [6.07, 6.45) is 0. The fourth-order valence-electron chi connectivity index (χ4n) is 2.37. The van der Waals surface area contributed by atoms with Gasteiger partial charge in [-0.05, 0) is 24.3 Å². The molecule has 2 aromatic carbocycles. The smallest absolute Gasteiger partial charge is 0.270 e. The first-order valence-electron chi connectivity index (χ1n) is 7.99. The molecule has 1 unspecified atom stereocenters. The standard InChI is InChI=1S/C19H12ClN3O4S/c20-13-4-6-15(7-5-13)27-10-18(24)16(9-21)19-22-17(11-28-19)12-2-1-3-14(8-12)23(25)26/h1-8,11,16H,10H2. The molecule has 0 amide bonds. The van der Waals surface area contributed by atoms with Crippen molar-refractivity contribution in [2.45, 2.75) is 5.92 Å². The second-order valence-electron chi connectivity index (χ2n) is 5.65. The Labute approximate surface area is 168 Å². The van der Waals surface area contributed by atoms with Crippen molar-refractivity contribution in [2.24, 2.45) is 0 Å². The van der Waals surface area contributed by atoms with E-state index in [-0.39, 0.29) is 12.3 Å². The fourth-order valence-corrected chi connectivity index (χ4v) is 3.38. The number of aromatic nitrogens is 1. The Morgan fingerprint density at radius 3 is 2.75 bits per heavy atom. The van der Waals surface area contributed by atoms with Crippen molar-refractivity contribution in [3.8, 4) is 23.1 Å². The topological polar surface area (TPSA) is 106 Å². The van der Waals surface area contributed by atoms with Crippen LogP contribution >= 0.6 is 22.9 Å². The molecule has 1 atom stereocenters. The maximum absolute atomic E-state index is 12.4. The average molecular weight is 414 g/mol. The maximum Gasteiger partial charge on any atom is 0.270 e. The fraction of sp³-hybridized carbons (Fsp3) is 0.105. The quantitative estimate of drug-likeness (QED) is 0.413. The van der Waals surface area contributed by atoms with Gasteiger partial charge in [0.25, 0.3) is 5.69 Å². The van der Waals surface area contributed by atoms with E-state index in [0.717, 1.165) is 11.3 Å². The van der Waals surface area contributed by atoms with E-state index in [1.54, 1.807) is 41.8 Å². The van der Waals surface area contributed by atoms with Gasteiger partial charge in [-0.15, -0.1) is 11.3 Å². The number of nitriles is 1. The Bertz CT molecular complexity index is 1060. The van der Waals surface area contributed by atoms with Crippen molar-refractivity contribution in [2.75, 3.05) is 6.61 Å². The zero-order valence-corrected chi connectivity index (χ0v) is 15.8. The minimum absolute atomic E-state index is 0.0590. The van der Waals surface area contributed by atoms with Gasteiger partial charge in [-0.2, -0.15) is 5.26 Å². The Kier molecular flexibility index (Phi) is 5.99. The molecule has 140 valence electrons. The molecule has 1 heterocycles. The third-order valence-corrected chi connectivity index (χ3v) is 4.93. The van der Waals surface area contributed by atoms with Crippen molar-refractivity contribution in [1.29, 1.82) is 5.26 Å². The van der Waals surface area contributed by atoms with Gasteiger partial charge in [0, 0.05) is 28.1 Å². The summed E-state index contributed by atoms with van der Waals surface area (Å²) in [7, 11) is 0. The molecule has 3 rings (SSSR count). The Morgan fingerprint density at radius 1 is 1.32 bits per heavy atom. The molecule has 0 aliphatic heterocycles. The molecule has 3 aromatic rings. The predicted molar refractivity (Wildman–Crippen MR) is 105 cm³/mol. The molecule has 0 saturated carbocycles. The normalized spacial score (nSPS) is 11.4. The number of nitro benzene ring substituents is 1. The lowest BCUT2D eigenvalue weighted by Crippen LogP contribution is -2.19. The van der Waals surface area contributed by atoms with Gasteiger partial charge in [-0.3, -0.25) is 14.9 Å². The number of non-ortho nitro benzene ring substituents is 1. The summed E-state index contributed by atoms with van der Waals surface area (Å²) < 4.78 is 5.40. The molecule has 9 heteroatoms. The summed E-state index contributed by atoms with van der Waals surface area (Å²) in [4.78, 5) is 27.2. The van der Waals surface area contributed by atoms with Crippen LogP contribution in [0.1, 0.15) is 10.9 Å². The molecule has 0 N–H and O–H groups in total. The number of nitro groups is 1. The number of ether oxygens (including phenoxy) is 1. The molecular formula is C19H12ClN3O4S. The van der Waals surface area contributed by atoms with Gasteiger partial charge >= 0.3 is 0 Å². The summed E-state index contributed by atoms with van der Waals surface area (Å²) in [5, 5.41) is 22.9. The van der Waals surface area contributed by atoms with E-state index in [4.69, 9.17) is 16.3 Å². The lowest BCUT2D eigenvalue weighted by atomic mass is 10.1. The number of rotatable bonds is 7. The molecule has 0 aliphatic rings. The van der Waals surface area contributed by atoms with Crippen molar-refractivity contribution in [3.05, 3.63) is 74.1 Å². The molecule has 0 fully saturated rings. The van der Waals surface area contributed by atoms with Crippen LogP contribution in [0.15, 0.2) is 53.9 Å². The Hall–Kier alpha value is -3.28. The first-order chi connectivity index (χ1) is 13.5. The van der Waals surface area contributed by atoms with E-state index in [1.807, 2.05) is 6.07 Å². The molecule has 28 heavy (non-hydrogen) atoms. The molecule has 7 nitrogen and oxygen atoms in total.